The van der Waals surface area contributed by atoms with E-state index >= 15 is 0 Å². The first kappa shape index (κ1) is 24.6. The first-order valence-electron chi connectivity index (χ1n) is 13.7. The number of amides is 1. The van der Waals surface area contributed by atoms with E-state index in [-0.39, 0.29) is 30.1 Å². The number of fused-ring (bicyclic) bond motifs is 2. The minimum Gasteiger partial charge on any atom is -0.393 e. The van der Waals surface area contributed by atoms with E-state index in [1.54, 1.807) is 12.4 Å². The molecule has 38 heavy (non-hydrogen) atoms. The Morgan fingerprint density at radius 1 is 1.11 bits per heavy atom. The lowest BCUT2D eigenvalue weighted by molar-refractivity contribution is 0.0287. The summed E-state index contributed by atoms with van der Waals surface area (Å²) in [5.74, 6) is 0.997. The maximum atomic E-state index is 13.2. The number of benzene rings is 1. The lowest BCUT2D eigenvalue weighted by Crippen LogP contribution is -2.47. The Bertz CT molecular complexity index is 1310. The molecular weight excluding hydrogens is 478 g/mol. The first-order valence-corrected chi connectivity index (χ1v) is 13.7. The molecule has 2 bridgehead atoms. The molecule has 1 saturated carbocycles. The topological polar surface area (TPSA) is 120 Å². The molecule has 6 rings (SSSR count). The van der Waals surface area contributed by atoms with Crippen molar-refractivity contribution in [2.75, 3.05) is 5.32 Å². The van der Waals surface area contributed by atoms with E-state index in [1.165, 1.54) is 12.8 Å². The number of carbonyl (C=O) groups is 1. The number of nitriles is 1. The van der Waals surface area contributed by atoms with Gasteiger partial charge in [0.15, 0.2) is 0 Å². The predicted molar refractivity (Wildman–Crippen MR) is 142 cm³/mol. The number of aliphatic hydroxyl groups is 1. The predicted octanol–water partition coefficient (Wildman–Crippen LogP) is 4.86. The first-order chi connectivity index (χ1) is 18.6. The Morgan fingerprint density at radius 3 is 2.55 bits per heavy atom. The smallest absolute Gasteiger partial charge is 0.254 e. The third-order valence-corrected chi connectivity index (χ3v) is 8.47. The largest absolute Gasteiger partial charge is 0.393 e. The van der Waals surface area contributed by atoms with Crippen LogP contribution in [0.3, 0.4) is 0 Å². The third-order valence-electron chi connectivity index (χ3n) is 8.47. The van der Waals surface area contributed by atoms with E-state index in [0.717, 1.165) is 42.6 Å². The Balaban J connectivity index is 1.14. The fourth-order valence-corrected chi connectivity index (χ4v) is 6.60. The molecule has 1 amide bonds. The standard InChI is InChI=1S/C29H33N7O2/c30-13-11-27(19-3-1-2-4-19)35-18-21(17-32-35)26-12-14-31-29(34-26)33-22-7-5-20(6-8-22)28(38)36-23-9-10-24(36)16-25(37)15-23/h5-8,12,14,17-19,23-25,27,37H,1-4,9-11,15-16H2,(H,31,33,34)/t23-,24+,25?,27?. The lowest BCUT2D eigenvalue weighted by atomic mass is 9.96. The van der Waals surface area contributed by atoms with Crippen molar-refractivity contribution in [2.45, 2.75) is 82.0 Å². The lowest BCUT2D eigenvalue weighted by Gasteiger charge is -2.37. The molecular formula is C29H33N7O2. The zero-order valence-electron chi connectivity index (χ0n) is 21.4. The number of hydrogen-bond donors (Lipinski definition) is 2. The van der Waals surface area contributed by atoms with Crippen LogP contribution in [0.15, 0.2) is 48.9 Å². The van der Waals surface area contributed by atoms with Crippen molar-refractivity contribution in [3.63, 3.8) is 0 Å². The number of carbonyl (C=O) groups excluding carboxylic acids is 1. The van der Waals surface area contributed by atoms with Gasteiger partial charge in [-0.05, 0) is 74.8 Å². The monoisotopic (exact) mass is 511 g/mol. The van der Waals surface area contributed by atoms with E-state index in [4.69, 9.17) is 0 Å². The van der Waals surface area contributed by atoms with Gasteiger partial charge in [0.25, 0.3) is 5.91 Å². The van der Waals surface area contributed by atoms with E-state index in [0.29, 0.717) is 36.7 Å². The fraction of sp³-hybridized carbons (Fsp3) is 0.483. The molecule has 196 valence electrons. The second kappa shape index (κ2) is 10.5. The summed E-state index contributed by atoms with van der Waals surface area (Å²) in [5, 5.41) is 27.2. The van der Waals surface area contributed by atoms with Crippen LogP contribution in [0.2, 0.25) is 0 Å². The number of piperidine rings is 1. The number of nitrogens with one attached hydrogen (secondary N) is 1. The van der Waals surface area contributed by atoms with Crippen molar-refractivity contribution in [3.05, 3.63) is 54.5 Å². The maximum Gasteiger partial charge on any atom is 0.254 e. The van der Waals surface area contributed by atoms with E-state index in [9.17, 15) is 15.2 Å². The summed E-state index contributed by atoms with van der Waals surface area (Å²) in [6.07, 6.45) is 13.7. The number of aliphatic hydroxyl groups excluding tert-OH is 1. The van der Waals surface area contributed by atoms with Crippen molar-refractivity contribution >= 4 is 17.5 Å². The molecule has 1 aromatic carbocycles. The second-order valence-corrected chi connectivity index (χ2v) is 10.9. The fourth-order valence-electron chi connectivity index (χ4n) is 6.60. The van der Waals surface area contributed by atoms with Crippen molar-refractivity contribution < 1.29 is 9.90 Å². The molecule has 2 aromatic heterocycles. The minimum atomic E-state index is -0.292. The number of aromatic nitrogens is 4. The van der Waals surface area contributed by atoms with Gasteiger partial charge in [-0.2, -0.15) is 10.4 Å². The molecule has 0 spiro atoms. The van der Waals surface area contributed by atoms with Crippen molar-refractivity contribution in [2.24, 2.45) is 5.92 Å². The second-order valence-electron chi connectivity index (χ2n) is 10.9. The van der Waals surface area contributed by atoms with Gasteiger partial charge < -0.3 is 15.3 Å². The molecule has 2 saturated heterocycles. The van der Waals surface area contributed by atoms with Gasteiger partial charge in [0, 0.05) is 41.3 Å². The van der Waals surface area contributed by atoms with Crippen LogP contribution in [0.1, 0.15) is 74.2 Å². The van der Waals surface area contributed by atoms with Crippen LogP contribution in [0.5, 0.6) is 0 Å². The molecule has 0 radical (unpaired) electrons. The average Bonchev–Trinajstić information content (AvgIpc) is 3.68. The van der Waals surface area contributed by atoms with Gasteiger partial charge in [-0.25, -0.2) is 9.97 Å². The van der Waals surface area contributed by atoms with E-state index < -0.39 is 0 Å². The molecule has 4 atom stereocenters. The summed E-state index contributed by atoms with van der Waals surface area (Å²) >= 11 is 0. The summed E-state index contributed by atoms with van der Waals surface area (Å²) in [5.41, 5.74) is 3.09. The molecule has 9 heteroatoms. The zero-order valence-corrected chi connectivity index (χ0v) is 21.4. The number of anilines is 2. The van der Waals surface area contributed by atoms with Gasteiger partial charge in [-0.3, -0.25) is 9.48 Å². The zero-order chi connectivity index (χ0) is 26.1. The highest BCUT2D eigenvalue weighted by Gasteiger charge is 2.42. The van der Waals surface area contributed by atoms with Crippen LogP contribution in [-0.2, 0) is 0 Å². The van der Waals surface area contributed by atoms with Crippen LogP contribution in [0.25, 0.3) is 11.3 Å². The summed E-state index contributed by atoms with van der Waals surface area (Å²) in [6, 6.07) is 12.0. The molecule has 2 N–H and O–H groups in total. The molecule has 3 fully saturated rings. The average molecular weight is 512 g/mol. The number of hydrogen-bond acceptors (Lipinski definition) is 7. The summed E-state index contributed by atoms with van der Waals surface area (Å²) in [4.78, 5) is 24.2. The summed E-state index contributed by atoms with van der Waals surface area (Å²) < 4.78 is 1.94. The Morgan fingerprint density at radius 2 is 1.84 bits per heavy atom. The minimum absolute atomic E-state index is 0.0403. The Hall–Kier alpha value is -3.77. The maximum absolute atomic E-state index is 13.2. The van der Waals surface area contributed by atoms with Crippen molar-refractivity contribution in [3.8, 4) is 17.3 Å². The van der Waals surface area contributed by atoms with Crippen LogP contribution in [0.4, 0.5) is 11.6 Å². The Kier molecular flexibility index (Phi) is 6.81. The quantitative estimate of drug-likeness (QED) is 0.465. The van der Waals surface area contributed by atoms with Gasteiger partial charge in [-0.1, -0.05) is 12.8 Å². The van der Waals surface area contributed by atoms with E-state index in [2.05, 4.69) is 26.5 Å². The molecule has 3 aliphatic rings. The highest BCUT2D eigenvalue weighted by Crippen LogP contribution is 2.38. The van der Waals surface area contributed by atoms with Gasteiger partial charge in [0.2, 0.25) is 5.95 Å². The van der Waals surface area contributed by atoms with Gasteiger partial charge in [0.05, 0.1) is 36.5 Å². The van der Waals surface area contributed by atoms with Gasteiger partial charge in [-0.15, -0.1) is 0 Å². The van der Waals surface area contributed by atoms with Gasteiger partial charge in [0.1, 0.15) is 0 Å². The van der Waals surface area contributed by atoms with E-state index in [1.807, 2.05) is 46.1 Å². The highest BCUT2D eigenvalue weighted by molar-refractivity contribution is 5.95. The Labute approximate surface area is 222 Å². The molecule has 9 nitrogen and oxygen atoms in total. The van der Waals surface area contributed by atoms with Crippen LogP contribution in [0, 0.1) is 17.2 Å². The number of nitrogens with zero attached hydrogens (tertiary/aromatic N) is 6. The van der Waals surface area contributed by atoms with Crippen LogP contribution < -0.4 is 5.32 Å². The molecule has 2 unspecified atom stereocenters. The summed E-state index contributed by atoms with van der Waals surface area (Å²) in [6.45, 7) is 0. The SMILES string of the molecule is N#CCC(C1CCCC1)n1cc(-c2ccnc(Nc3ccc(C(=O)N4[C@@H]5CC[C@H]4CC(O)C5)cc3)n2)cn1. The molecule has 2 aliphatic heterocycles. The molecule has 4 heterocycles. The van der Waals surface area contributed by atoms with Crippen LogP contribution >= 0.6 is 0 Å². The molecule has 3 aromatic rings. The number of rotatable bonds is 7. The van der Waals surface area contributed by atoms with Gasteiger partial charge >= 0.3 is 0 Å². The summed E-state index contributed by atoms with van der Waals surface area (Å²) in [7, 11) is 0. The van der Waals surface area contributed by atoms with Crippen molar-refractivity contribution in [1.82, 2.24) is 24.6 Å². The van der Waals surface area contributed by atoms with Crippen LogP contribution in [-0.4, -0.2) is 53.8 Å². The normalized spacial score (nSPS) is 23.8. The highest BCUT2D eigenvalue weighted by atomic mass is 16.3. The van der Waals surface area contributed by atoms with Crippen molar-refractivity contribution in [1.29, 1.82) is 5.26 Å². The third kappa shape index (κ3) is 4.88. The molecule has 1 aliphatic carbocycles.